The van der Waals surface area contributed by atoms with Crippen LogP contribution in [0.3, 0.4) is 0 Å². The molecule has 2 nitrogen and oxygen atoms in total. The van der Waals surface area contributed by atoms with Gasteiger partial charge in [0.15, 0.2) is 0 Å². The van der Waals surface area contributed by atoms with Crippen molar-refractivity contribution in [3.63, 3.8) is 0 Å². The Morgan fingerprint density at radius 3 is 2.71 bits per heavy atom. The van der Waals surface area contributed by atoms with Crippen LogP contribution in [0.4, 0.5) is 0 Å². The highest BCUT2D eigenvalue weighted by molar-refractivity contribution is 7.07. The maximum atomic E-state index is 12.3. The van der Waals surface area contributed by atoms with Crippen molar-refractivity contribution in [3.8, 4) is 0 Å². The van der Waals surface area contributed by atoms with Crippen molar-refractivity contribution in [2.45, 2.75) is 38.6 Å². The molecule has 1 amide bonds. The van der Waals surface area contributed by atoms with Gasteiger partial charge in [0.1, 0.15) is 0 Å². The van der Waals surface area contributed by atoms with E-state index in [1.807, 2.05) is 11.9 Å². The van der Waals surface area contributed by atoms with E-state index in [0.29, 0.717) is 13.0 Å². The van der Waals surface area contributed by atoms with Gasteiger partial charge in [0, 0.05) is 13.6 Å². The molecule has 1 aromatic heterocycles. The molecule has 3 heteroatoms. The largest absolute Gasteiger partial charge is 0.341 e. The number of fused-ring (bicyclic) bond motifs is 1. The monoisotopic (exact) mass is 299 g/mol. The zero-order valence-electron chi connectivity index (χ0n) is 12.5. The Hall–Kier alpha value is -1.61. The molecule has 0 bridgehead atoms. The van der Waals surface area contributed by atoms with Crippen LogP contribution in [0, 0.1) is 0 Å². The lowest BCUT2D eigenvalue weighted by Crippen LogP contribution is -2.27. The highest BCUT2D eigenvalue weighted by atomic mass is 32.1. The number of rotatable bonds is 4. The number of carbonyl (C=O) groups is 1. The number of thiophene rings is 1. The van der Waals surface area contributed by atoms with Gasteiger partial charge in [0.05, 0.1) is 6.42 Å². The highest BCUT2D eigenvalue weighted by Crippen LogP contribution is 2.22. The molecule has 1 aliphatic carbocycles. The summed E-state index contributed by atoms with van der Waals surface area (Å²) in [5, 5.41) is 4.15. The van der Waals surface area contributed by atoms with Gasteiger partial charge < -0.3 is 4.90 Å². The number of nitrogens with zero attached hydrogens (tertiary/aromatic N) is 1. The lowest BCUT2D eigenvalue weighted by atomic mass is 9.90. The van der Waals surface area contributed by atoms with Gasteiger partial charge in [-0.1, -0.05) is 18.2 Å². The molecule has 0 saturated heterocycles. The molecule has 110 valence electrons. The number of carbonyl (C=O) groups excluding carboxylic acids is 1. The number of aryl methyl sites for hydroxylation is 2. The van der Waals surface area contributed by atoms with Crippen LogP contribution in [-0.2, 0) is 30.6 Å². The summed E-state index contributed by atoms with van der Waals surface area (Å²) < 4.78 is 0. The normalized spacial score (nSPS) is 13.8. The molecule has 1 heterocycles. The number of hydrogen-bond acceptors (Lipinski definition) is 2. The zero-order chi connectivity index (χ0) is 14.7. The van der Waals surface area contributed by atoms with Gasteiger partial charge in [-0.05, 0) is 64.8 Å². The van der Waals surface area contributed by atoms with Crippen LogP contribution >= 0.6 is 11.3 Å². The van der Waals surface area contributed by atoms with Gasteiger partial charge in [-0.3, -0.25) is 4.79 Å². The molecule has 0 unspecified atom stereocenters. The lowest BCUT2D eigenvalue weighted by Gasteiger charge is -2.19. The number of amides is 1. The van der Waals surface area contributed by atoms with Gasteiger partial charge in [0.25, 0.3) is 0 Å². The number of likely N-dealkylation sites (N-methyl/N-ethyl adjacent to an activating group) is 1. The van der Waals surface area contributed by atoms with Crippen LogP contribution in [0.25, 0.3) is 0 Å². The van der Waals surface area contributed by atoms with Crippen molar-refractivity contribution >= 4 is 17.2 Å². The SMILES string of the molecule is CN(Cc1ccsc1)C(=O)Cc1ccc2c(c1)CCCC2. The molecular weight excluding hydrogens is 278 g/mol. The Bertz CT molecular complexity index is 618. The Morgan fingerprint density at radius 1 is 1.14 bits per heavy atom. The zero-order valence-corrected chi connectivity index (χ0v) is 13.3. The van der Waals surface area contributed by atoms with Gasteiger partial charge in [-0.25, -0.2) is 0 Å². The molecule has 0 saturated carbocycles. The summed E-state index contributed by atoms with van der Waals surface area (Å²) in [5.41, 5.74) is 5.29. The summed E-state index contributed by atoms with van der Waals surface area (Å²) in [6, 6.07) is 8.66. The van der Waals surface area contributed by atoms with Crippen LogP contribution in [0.1, 0.15) is 35.1 Å². The first-order chi connectivity index (χ1) is 10.2. The van der Waals surface area contributed by atoms with Crippen molar-refractivity contribution in [2.75, 3.05) is 7.05 Å². The van der Waals surface area contributed by atoms with E-state index < -0.39 is 0 Å². The van der Waals surface area contributed by atoms with Crippen molar-refractivity contribution < 1.29 is 4.79 Å². The van der Waals surface area contributed by atoms with E-state index in [0.717, 1.165) is 5.56 Å². The van der Waals surface area contributed by atoms with E-state index >= 15 is 0 Å². The third kappa shape index (κ3) is 3.53. The average molecular weight is 299 g/mol. The molecule has 1 aliphatic rings. The lowest BCUT2D eigenvalue weighted by molar-refractivity contribution is -0.129. The van der Waals surface area contributed by atoms with Crippen molar-refractivity contribution in [2.24, 2.45) is 0 Å². The molecular formula is C18H21NOS. The van der Waals surface area contributed by atoms with Crippen molar-refractivity contribution in [1.29, 1.82) is 0 Å². The molecule has 21 heavy (non-hydrogen) atoms. The summed E-state index contributed by atoms with van der Waals surface area (Å²) in [5.74, 6) is 0.192. The topological polar surface area (TPSA) is 20.3 Å². The highest BCUT2D eigenvalue weighted by Gasteiger charge is 2.13. The minimum atomic E-state index is 0.192. The summed E-state index contributed by atoms with van der Waals surface area (Å²) in [6.07, 6.45) is 5.45. The Labute approximate surface area is 130 Å². The Balaban J connectivity index is 1.64. The standard InChI is InChI=1S/C18H21NOS/c1-19(12-15-8-9-21-13-15)18(20)11-14-6-7-16-4-2-3-5-17(16)10-14/h6-10,13H,2-5,11-12H2,1H3. The molecule has 0 radical (unpaired) electrons. The molecule has 3 rings (SSSR count). The minimum Gasteiger partial charge on any atom is -0.341 e. The van der Waals surface area contributed by atoms with Gasteiger partial charge in [-0.15, -0.1) is 0 Å². The first kappa shape index (κ1) is 14.3. The average Bonchev–Trinajstić information content (AvgIpc) is 3.00. The second-order valence-electron chi connectivity index (χ2n) is 5.87. The predicted octanol–water partition coefficient (Wildman–Crippen LogP) is 3.83. The molecule has 0 fully saturated rings. The first-order valence-electron chi connectivity index (χ1n) is 7.58. The van der Waals surface area contributed by atoms with E-state index in [-0.39, 0.29) is 5.91 Å². The first-order valence-corrected chi connectivity index (χ1v) is 8.52. The van der Waals surface area contributed by atoms with Gasteiger partial charge in [-0.2, -0.15) is 11.3 Å². The molecule has 0 spiro atoms. The fourth-order valence-corrected chi connectivity index (χ4v) is 3.61. The van der Waals surface area contributed by atoms with Crippen LogP contribution in [-0.4, -0.2) is 17.9 Å². The fourth-order valence-electron chi connectivity index (χ4n) is 2.95. The quantitative estimate of drug-likeness (QED) is 0.840. The van der Waals surface area contributed by atoms with E-state index in [9.17, 15) is 4.79 Å². The van der Waals surface area contributed by atoms with Crippen LogP contribution in [0.15, 0.2) is 35.0 Å². The summed E-state index contributed by atoms with van der Waals surface area (Å²) in [4.78, 5) is 14.2. The Morgan fingerprint density at radius 2 is 1.95 bits per heavy atom. The van der Waals surface area contributed by atoms with Gasteiger partial charge in [0.2, 0.25) is 5.91 Å². The van der Waals surface area contributed by atoms with Crippen LogP contribution in [0.2, 0.25) is 0 Å². The third-order valence-corrected chi connectivity index (χ3v) is 4.93. The molecule has 0 N–H and O–H groups in total. The second kappa shape index (κ2) is 6.44. The Kier molecular flexibility index (Phi) is 4.39. The number of benzene rings is 1. The second-order valence-corrected chi connectivity index (χ2v) is 6.65. The maximum Gasteiger partial charge on any atom is 0.227 e. The minimum absolute atomic E-state index is 0.192. The molecule has 2 aromatic rings. The smallest absolute Gasteiger partial charge is 0.227 e. The van der Waals surface area contributed by atoms with E-state index in [4.69, 9.17) is 0 Å². The van der Waals surface area contributed by atoms with Crippen molar-refractivity contribution in [1.82, 2.24) is 4.90 Å². The predicted molar refractivity (Wildman–Crippen MR) is 87.6 cm³/mol. The van der Waals surface area contributed by atoms with E-state index in [1.165, 1.54) is 42.4 Å². The summed E-state index contributed by atoms with van der Waals surface area (Å²) in [7, 11) is 1.89. The summed E-state index contributed by atoms with van der Waals surface area (Å²) >= 11 is 1.67. The van der Waals surface area contributed by atoms with Crippen molar-refractivity contribution in [3.05, 3.63) is 57.3 Å². The maximum absolute atomic E-state index is 12.3. The van der Waals surface area contributed by atoms with Gasteiger partial charge >= 0.3 is 0 Å². The van der Waals surface area contributed by atoms with E-state index in [1.54, 1.807) is 11.3 Å². The van der Waals surface area contributed by atoms with Crippen LogP contribution < -0.4 is 0 Å². The van der Waals surface area contributed by atoms with Crippen LogP contribution in [0.5, 0.6) is 0 Å². The molecule has 0 aliphatic heterocycles. The molecule has 1 aromatic carbocycles. The molecule has 0 atom stereocenters. The third-order valence-electron chi connectivity index (χ3n) is 4.19. The number of hydrogen-bond donors (Lipinski definition) is 0. The van der Waals surface area contributed by atoms with E-state index in [2.05, 4.69) is 35.0 Å². The fraction of sp³-hybridized carbons (Fsp3) is 0.389. The summed E-state index contributed by atoms with van der Waals surface area (Å²) in [6.45, 7) is 0.702.